The Balaban J connectivity index is 1.65. The fraction of sp³-hybridized carbons (Fsp3) is 0. The summed E-state index contributed by atoms with van der Waals surface area (Å²) in [6.45, 7) is 0. The molecule has 1 heteroatoms. The lowest BCUT2D eigenvalue weighted by Crippen LogP contribution is -1.87. The molecule has 31 heavy (non-hydrogen) atoms. The van der Waals surface area contributed by atoms with Crippen LogP contribution in [0.3, 0.4) is 0 Å². The van der Waals surface area contributed by atoms with Crippen molar-refractivity contribution in [3.05, 3.63) is 132 Å². The first kappa shape index (κ1) is 19.5. The van der Waals surface area contributed by atoms with Crippen LogP contribution in [0.25, 0.3) is 44.5 Å². The van der Waals surface area contributed by atoms with Crippen molar-refractivity contribution in [1.82, 2.24) is 0 Å². The summed E-state index contributed by atoms with van der Waals surface area (Å²) < 4.78 is 1.09. The molecule has 0 bridgehead atoms. The molecule has 0 amide bonds. The predicted octanol–water partition coefficient (Wildman–Crippen LogP) is 9.12. The third-order valence-electron chi connectivity index (χ3n) is 5.52. The maximum Gasteiger partial charge on any atom is 0.0175 e. The van der Waals surface area contributed by atoms with E-state index in [0.29, 0.717) is 0 Å². The molecule has 5 aromatic carbocycles. The van der Waals surface area contributed by atoms with Crippen LogP contribution in [0.15, 0.2) is 132 Å². The molecular formula is C30H21Br. The highest BCUT2D eigenvalue weighted by Gasteiger charge is 2.08. The van der Waals surface area contributed by atoms with Crippen LogP contribution in [0.2, 0.25) is 0 Å². The molecule has 0 nitrogen and oxygen atoms in total. The van der Waals surface area contributed by atoms with Crippen LogP contribution in [-0.4, -0.2) is 0 Å². The van der Waals surface area contributed by atoms with Gasteiger partial charge in [-0.15, -0.1) is 0 Å². The third-order valence-corrected chi connectivity index (χ3v) is 6.05. The van der Waals surface area contributed by atoms with Gasteiger partial charge in [0.25, 0.3) is 0 Å². The summed E-state index contributed by atoms with van der Waals surface area (Å²) in [5.41, 5.74) is 9.78. The fourth-order valence-corrected chi connectivity index (χ4v) is 4.17. The van der Waals surface area contributed by atoms with Crippen LogP contribution in [0.4, 0.5) is 0 Å². The van der Waals surface area contributed by atoms with Gasteiger partial charge in [0.2, 0.25) is 0 Å². The Hall–Kier alpha value is -3.42. The van der Waals surface area contributed by atoms with Crippen molar-refractivity contribution < 1.29 is 0 Å². The second-order valence-electron chi connectivity index (χ2n) is 7.62. The van der Waals surface area contributed by atoms with E-state index in [1.54, 1.807) is 0 Å². The average molecular weight is 461 g/mol. The van der Waals surface area contributed by atoms with E-state index in [2.05, 4.69) is 143 Å². The molecular weight excluding hydrogens is 440 g/mol. The maximum atomic E-state index is 3.53. The van der Waals surface area contributed by atoms with Crippen molar-refractivity contribution >= 4 is 15.9 Å². The molecule has 0 unspecified atom stereocenters. The first-order valence-electron chi connectivity index (χ1n) is 10.4. The Morgan fingerprint density at radius 2 is 0.645 bits per heavy atom. The van der Waals surface area contributed by atoms with Crippen molar-refractivity contribution in [1.29, 1.82) is 0 Å². The molecule has 0 aliphatic rings. The topological polar surface area (TPSA) is 0 Å². The Labute approximate surface area is 192 Å². The second-order valence-corrected chi connectivity index (χ2v) is 8.53. The summed E-state index contributed by atoms with van der Waals surface area (Å²) in [5, 5.41) is 0. The zero-order valence-electron chi connectivity index (χ0n) is 17.0. The molecule has 5 aromatic rings. The molecule has 0 saturated carbocycles. The van der Waals surface area contributed by atoms with E-state index >= 15 is 0 Å². The van der Waals surface area contributed by atoms with Crippen LogP contribution in [0.1, 0.15) is 0 Å². The van der Waals surface area contributed by atoms with Crippen molar-refractivity contribution in [2.24, 2.45) is 0 Å². The summed E-state index contributed by atoms with van der Waals surface area (Å²) in [4.78, 5) is 0. The van der Waals surface area contributed by atoms with Crippen molar-refractivity contribution in [3.63, 3.8) is 0 Å². The van der Waals surface area contributed by atoms with Crippen LogP contribution >= 0.6 is 15.9 Å². The van der Waals surface area contributed by atoms with Gasteiger partial charge in [0.1, 0.15) is 0 Å². The van der Waals surface area contributed by atoms with E-state index < -0.39 is 0 Å². The Morgan fingerprint density at radius 3 is 1.16 bits per heavy atom. The van der Waals surface area contributed by atoms with Gasteiger partial charge in [-0.05, 0) is 80.9 Å². The van der Waals surface area contributed by atoms with Crippen LogP contribution < -0.4 is 0 Å². The lowest BCUT2D eigenvalue weighted by molar-refractivity contribution is 1.55. The smallest absolute Gasteiger partial charge is 0.0175 e. The zero-order chi connectivity index (χ0) is 21.0. The van der Waals surface area contributed by atoms with E-state index in [-0.39, 0.29) is 0 Å². The predicted molar refractivity (Wildman–Crippen MR) is 136 cm³/mol. The molecule has 0 aliphatic carbocycles. The molecule has 0 spiro atoms. The van der Waals surface area contributed by atoms with Gasteiger partial charge in [-0.2, -0.15) is 0 Å². The standard InChI is InChI=1S/C30H21Br/c31-30-16-14-24(15-17-30)25-12-7-13-26(18-25)29-20-27(22-8-3-1-4-9-22)19-28(21-29)23-10-5-2-6-11-23/h1-21H. The molecule has 0 aliphatic heterocycles. The lowest BCUT2D eigenvalue weighted by atomic mass is 9.92. The fourth-order valence-electron chi connectivity index (χ4n) is 3.91. The van der Waals surface area contributed by atoms with Gasteiger partial charge in [-0.25, -0.2) is 0 Å². The van der Waals surface area contributed by atoms with Gasteiger partial charge in [-0.3, -0.25) is 0 Å². The summed E-state index contributed by atoms with van der Waals surface area (Å²) in [6, 6.07) is 45.3. The average Bonchev–Trinajstić information content (AvgIpc) is 2.85. The van der Waals surface area contributed by atoms with Gasteiger partial charge in [0, 0.05) is 4.47 Å². The quantitative estimate of drug-likeness (QED) is 0.250. The van der Waals surface area contributed by atoms with Crippen LogP contribution in [-0.2, 0) is 0 Å². The summed E-state index contributed by atoms with van der Waals surface area (Å²) in [5.74, 6) is 0. The van der Waals surface area contributed by atoms with E-state index in [1.165, 1.54) is 44.5 Å². The minimum Gasteiger partial charge on any atom is -0.0622 e. The van der Waals surface area contributed by atoms with E-state index in [0.717, 1.165) is 4.47 Å². The van der Waals surface area contributed by atoms with Crippen LogP contribution in [0.5, 0.6) is 0 Å². The number of rotatable bonds is 4. The first-order valence-corrected chi connectivity index (χ1v) is 11.2. The molecule has 0 heterocycles. The Kier molecular flexibility index (Phi) is 5.52. The highest BCUT2D eigenvalue weighted by Crippen LogP contribution is 2.34. The van der Waals surface area contributed by atoms with Gasteiger partial charge in [-0.1, -0.05) is 107 Å². The third kappa shape index (κ3) is 4.38. The molecule has 0 aromatic heterocycles. The molecule has 0 atom stereocenters. The number of hydrogen-bond donors (Lipinski definition) is 0. The monoisotopic (exact) mass is 460 g/mol. The maximum absolute atomic E-state index is 3.53. The zero-order valence-corrected chi connectivity index (χ0v) is 18.6. The van der Waals surface area contributed by atoms with Crippen molar-refractivity contribution in [2.75, 3.05) is 0 Å². The SMILES string of the molecule is Brc1ccc(-c2cccc(-c3cc(-c4ccccc4)cc(-c4ccccc4)c3)c2)cc1. The highest BCUT2D eigenvalue weighted by molar-refractivity contribution is 9.10. The molecule has 5 rings (SSSR count). The molecule has 0 N–H and O–H groups in total. The summed E-state index contributed by atoms with van der Waals surface area (Å²) in [7, 11) is 0. The molecule has 0 fully saturated rings. The van der Waals surface area contributed by atoms with E-state index in [9.17, 15) is 0 Å². The minimum atomic E-state index is 1.09. The largest absolute Gasteiger partial charge is 0.0622 e. The lowest BCUT2D eigenvalue weighted by Gasteiger charge is -2.12. The molecule has 0 radical (unpaired) electrons. The molecule has 148 valence electrons. The Morgan fingerprint density at radius 1 is 0.290 bits per heavy atom. The number of benzene rings is 5. The van der Waals surface area contributed by atoms with Gasteiger partial charge >= 0.3 is 0 Å². The first-order chi connectivity index (χ1) is 15.3. The Bertz CT molecular complexity index is 1250. The molecule has 0 saturated heterocycles. The highest BCUT2D eigenvalue weighted by atomic mass is 79.9. The summed E-state index contributed by atoms with van der Waals surface area (Å²) in [6.07, 6.45) is 0. The number of halogens is 1. The minimum absolute atomic E-state index is 1.09. The second kappa shape index (κ2) is 8.75. The van der Waals surface area contributed by atoms with Crippen molar-refractivity contribution in [3.8, 4) is 44.5 Å². The van der Waals surface area contributed by atoms with Crippen LogP contribution in [0, 0.1) is 0 Å². The van der Waals surface area contributed by atoms with Crippen molar-refractivity contribution in [2.45, 2.75) is 0 Å². The normalized spacial score (nSPS) is 10.7. The number of hydrogen-bond acceptors (Lipinski definition) is 0. The summed E-state index contributed by atoms with van der Waals surface area (Å²) >= 11 is 3.53. The van der Waals surface area contributed by atoms with E-state index in [1.807, 2.05) is 0 Å². The van der Waals surface area contributed by atoms with E-state index in [4.69, 9.17) is 0 Å². The van der Waals surface area contributed by atoms with Gasteiger partial charge in [0.15, 0.2) is 0 Å². The van der Waals surface area contributed by atoms with Gasteiger partial charge < -0.3 is 0 Å². The van der Waals surface area contributed by atoms with Gasteiger partial charge in [0.05, 0.1) is 0 Å².